The van der Waals surface area contributed by atoms with Crippen LogP contribution in [0.5, 0.6) is 0 Å². The zero-order valence-corrected chi connectivity index (χ0v) is 41.1. The highest BCUT2D eigenvalue weighted by Gasteiger charge is 2.58. The summed E-state index contributed by atoms with van der Waals surface area (Å²) in [6, 6.07) is 13.2. The average Bonchev–Trinajstić information content (AvgIpc) is 3.64. The molecular formula is C51H67N5O13. The Hall–Kier alpha value is -5.82. The van der Waals surface area contributed by atoms with Crippen molar-refractivity contribution in [3.63, 3.8) is 0 Å². The number of benzene rings is 1. The summed E-state index contributed by atoms with van der Waals surface area (Å²) in [7, 11) is 3.65. The zero-order chi connectivity index (χ0) is 50.2. The molecule has 0 radical (unpaired) electrons. The van der Waals surface area contributed by atoms with Crippen molar-refractivity contribution in [2.24, 2.45) is 23.7 Å². The third-order valence-electron chi connectivity index (χ3n) is 13.7. The molecule has 3 saturated heterocycles. The van der Waals surface area contributed by atoms with Crippen molar-refractivity contribution in [2.45, 2.75) is 141 Å². The van der Waals surface area contributed by atoms with Crippen molar-refractivity contribution in [1.29, 1.82) is 0 Å². The molecule has 3 fully saturated rings. The normalized spacial score (nSPS) is 33.4. The molecule has 0 saturated carbocycles. The lowest BCUT2D eigenvalue weighted by atomic mass is 9.73. The molecule has 0 aliphatic carbocycles. The first-order valence-corrected chi connectivity index (χ1v) is 23.6. The Morgan fingerprint density at radius 1 is 0.986 bits per heavy atom. The number of carbonyl (C=O) groups is 5. The molecule has 3 aliphatic heterocycles. The predicted octanol–water partition coefficient (Wildman–Crippen LogP) is 6.14. The van der Waals surface area contributed by atoms with Crippen molar-refractivity contribution in [3.8, 4) is 11.3 Å². The zero-order valence-electron chi connectivity index (χ0n) is 41.1. The van der Waals surface area contributed by atoms with Crippen LogP contribution in [0.15, 0.2) is 73.2 Å². The number of Topliss-reactive ketones (excluding diaryl/α,β-unsaturated/α-hetero) is 1. The highest BCUT2D eigenvalue weighted by atomic mass is 16.8. The average molecular weight is 958 g/mol. The Kier molecular flexibility index (Phi) is 17.3. The maximum atomic E-state index is 14.7. The Morgan fingerprint density at radius 3 is 2.36 bits per heavy atom. The molecule has 1 amide bonds. The fourth-order valence-electron chi connectivity index (χ4n) is 10.0. The summed E-state index contributed by atoms with van der Waals surface area (Å²) in [5, 5.41) is 22.7. The summed E-state index contributed by atoms with van der Waals surface area (Å²) in [5.41, 5.74) is -0.370. The number of nitrogens with one attached hydrogen (secondary N) is 1. The second kappa shape index (κ2) is 22.7. The fraction of sp³-hybridized carbons (Fsp3) is 0.569. The molecule has 5 heterocycles. The van der Waals surface area contributed by atoms with Gasteiger partial charge in [0.05, 0.1) is 30.2 Å². The van der Waals surface area contributed by atoms with E-state index in [0.29, 0.717) is 12.0 Å². The molecule has 6 rings (SSSR count). The molecule has 69 heavy (non-hydrogen) atoms. The number of aromatic nitrogens is 3. The van der Waals surface area contributed by atoms with E-state index < -0.39 is 108 Å². The molecular weight excluding hydrogens is 891 g/mol. The number of hydrogen-bond donors (Lipinski definition) is 2. The first-order valence-electron chi connectivity index (χ1n) is 23.6. The van der Waals surface area contributed by atoms with Crippen molar-refractivity contribution < 1.29 is 62.2 Å². The van der Waals surface area contributed by atoms with Crippen LogP contribution in [0.2, 0.25) is 0 Å². The monoisotopic (exact) mass is 957 g/mol. The van der Waals surface area contributed by atoms with E-state index in [-0.39, 0.29) is 31.7 Å². The van der Waals surface area contributed by atoms with E-state index in [1.54, 1.807) is 91.2 Å². The van der Waals surface area contributed by atoms with Crippen molar-refractivity contribution in [2.75, 3.05) is 20.7 Å². The molecule has 2 aromatic heterocycles. The number of ether oxygens (including phenoxy) is 7. The highest BCUT2D eigenvalue weighted by Crippen LogP contribution is 2.42. The smallest absolute Gasteiger partial charge is 0.461 e. The van der Waals surface area contributed by atoms with Gasteiger partial charge >= 0.3 is 24.2 Å². The van der Waals surface area contributed by atoms with E-state index in [1.807, 2.05) is 56.3 Å². The number of pyridine rings is 1. The van der Waals surface area contributed by atoms with E-state index in [9.17, 15) is 29.1 Å². The maximum Gasteiger partial charge on any atom is 0.509 e. The summed E-state index contributed by atoms with van der Waals surface area (Å²) in [6.07, 6.45) is -0.270. The number of ketones is 1. The number of aliphatic hydroxyl groups excluding tert-OH is 1. The van der Waals surface area contributed by atoms with Crippen LogP contribution in [-0.4, -0.2) is 136 Å². The lowest BCUT2D eigenvalue weighted by Crippen LogP contribution is -2.61. The summed E-state index contributed by atoms with van der Waals surface area (Å²) in [4.78, 5) is 76.3. The van der Waals surface area contributed by atoms with Gasteiger partial charge in [0.1, 0.15) is 42.4 Å². The number of likely N-dealkylation sites (N-methyl/N-ethyl adjacent to an activating group) is 1. The van der Waals surface area contributed by atoms with Gasteiger partial charge in [-0.15, -0.1) is 0 Å². The first-order chi connectivity index (χ1) is 32.7. The van der Waals surface area contributed by atoms with Gasteiger partial charge < -0.3 is 48.5 Å². The number of carbonyl (C=O) groups excluding carboxylic acids is 5. The number of hydrogen-bond acceptors (Lipinski definition) is 17. The molecule has 18 heteroatoms. The second-order valence-electron chi connectivity index (χ2n) is 19.2. The molecule has 3 aliphatic rings. The van der Waals surface area contributed by atoms with Crippen LogP contribution in [0.25, 0.3) is 17.3 Å². The van der Waals surface area contributed by atoms with Crippen LogP contribution >= 0.6 is 0 Å². The largest absolute Gasteiger partial charge is 0.509 e. The van der Waals surface area contributed by atoms with Crippen LogP contribution in [0.1, 0.15) is 85.8 Å². The maximum absolute atomic E-state index is 14.7. The van der Waals surface area contributed by atoms with Crippen molar-refractivity contribution in [3.05, 3.63) is 84.3 Å². The standard InChI is InChI=1S/C51H67N5O13/c1-11-39-51(8)44(54-48(61)68-51)31(4)41(58)29(2)27-50(7,69-49(62)63-24-14-16-34-18-20-36(21-19-34)37-17-13-23-53-55-37)45(67-47-42(59)38(56(9)10)25-30(3)64-47)32(5)43(33(6)46(60)65-39)66-40(57)26-35-15-12-22-52-28-35/h12-23,28-33,38-39,42-45,47,59H,11,24-27H2,1-10H3,(H,54,61)/b16-14+/t29-,30-,31+,32+,33-,38+,39-,42-,43+,44-,45-,47+,50-,51-/m1/s1. The van der Waals surface area contributed by atoms with Crippen molar-refractivity contribution in [1.82, 2.24) is 25.4 Å². The van der Waals surface area contributed by atoms with E-state index in [4.69, 9.17) is 33.2 Å². The van der Waals surface area contributed by atoms with Crippen LogP contribution in [0, 0.1) is 23.7 Å². The molecule has 1 aromatic carbocycles. The number of amides is 1. The molecule has 0 bridgehead atoms. The minimum atomic E-state index is -1.84. The molecule has 18 nitrogen and oxygen atoms in total. The summed E-state index contributed by atoms with van der Waals surface area (Å²) < 4.78 is 43.5. The van der Waals surface area contributed by atoms with E-state index in [1.165, 1.54) is 6.20 Å². The van der Waals surface area contributed by atoms with Gasteiger partial charge in [0, 0.05) is 47.9 Å². The molecule has 3 aromatic rings. The Labute approximate surface area is 403 Å². The summed E-state index contributed by atoms with van der Waals surface area (Å²) in [6.45, 7) is 13.1. The van der Waals surface area contributed by atoms with Crippen LogP contribution in [-0.2, 0) is 54.0 Å². The predicted molar refractivity (Wildman–Crippen MR) is 251 cm³/mol. The first kappa shape index (κ1) is 52.5. The minimum Gasteiger partial charge on any atom is -0.461 e. The summed E-state index contributed by atoms with van der Waals surface area (Å²) >= 11 is 0. The Morgan fingerprint density at radius 2 is 1.71 bits per heavy atom. The molecule has 2 N–H and O–H groups in total. The van der Waals surface area contributed by atoms with Gasteiger partial charge in [-0.05, 0) is 96.5 Å². The fourth-order valence-corrected chi connectivity index (χ4v) is 10.0. The molecule has 0 spiro atoms. The van der Waals surface area contributed by atoms with Gasteiger partial charge in [0.25, 0.3) is 0 Å². The Bertz CT molecular complexity index is 2270. The lowest BCUT2D eigenvalue weighted by molar-refractivity contribution is -0.300. The SMILES string of the molecule is CC[C@H]1OC(=O)[C@H](C)[C@@H](OC(=O)Cc2cccnc2)[C@H](C)[C@@H](O[C@@H]2O[C@H](C)C[C@H](N(C)C)[C@H]2O)[C@](C)(OC(=O)OC/C=C/c2ccc(-c3cccnn3)cc2)C[C@@H](C)C(=O)[C@H](C)[C@H]2NC(=O)O[C@@]21C. The van der Waals surface area contributed by atoms with Crippen LogP contribution in [0.4, 0.5) is 9.59 Å². The molecule has 14 atom stereocenters. The number of nitrogens with zero attached hydrogens (tertiary/aromatic N) is 4. The van der Waals surface area contributed by atoms with Gasteiger partial charge in [-0.25, -0.2) is 9.59 Å². The number of rotatable bonds is 12. The van der Waals surface area contributed by atoms with Gasteiger partial charge in [0.2, 0.25) is 0 Å². The Balaban J connectivity index is 1.40. The van der Waals surface area contributed by atoms with E-state index in [2.05, 4.69) is 20.5 Å². The quantitative estimate of drug-likeness (QED) is 0.154. The van der Waals surface area contributed by atoms with Gasteiger partial charge in [-0.1, -0.05) is 64.1 Å². The number of aliphatic hydroxyl groups is 1. The summed E-state index contributed by atoms with van der Waals surface area (Å²) in [5.74, 6) is -5.92. The molecule has 0 unspecified atom stereocenters. The van der Waals surface area contributed by atoms with Gasteiger partial charge in [0.15, 0.2) is 11.9 Å². The van der Waals surface area contributed by atoms with Crippen LogP contribution in [0.3, 0.4) is 0 Å². The van der Waals surface area contributed by atoms with Gasteiger partial charge in [-0.3, -0.25) is 19.4 Å². The second-order valence-corrected chi connectivity index (χ2v) is 19.2. The lowest BCUT2D eigenvalue weighted by Gasteiger charge is -2.48. The molecule has 374 valence electrons. The number of fused-ring (bicyclic) bond motifs is 1. The third kappa shape index (κ3) is 12.5. The number of esters is 2. The number of cyclic esters (lactones) is 1. The topological polar surface area (TPSA) is 224 Å². The van der Waals surface area contributed by atoms with E-state index in [0.717, 1.165) is 16.8 Å². The number of alkyl carbamates (subject to hydrolysis) is 1. The van der Waals surface area contributed by atoms with Gasteiger partial charge in [-0.2, -0.15) is 10.2 Å². The minimum absolute atomic E-state index is 0.200. The highest BCUT2D eigenvalue weighted by molar-refractivity contribution is 5.85. The van der Waals surface area contributed by atoms with Crippen molar-refractivity contribution >= 4 is 36.0 Å². The third-order valence-corrected chi connectivity index (χ3v) is 13.7. The van der Waals surface area contributed by atoms with E-state index >= 15 is 0 Å². The van der Waals surface area contributed by atoms with Crippen LogP contribution < -0.4 is 5.32 Å².